The maximum absolute atomic E-state index is 12.4. The highest BCUT2D eigenvalue weighted by atomic mass is 32.2. The normalized spacial score (nSPS) is 21.7. The Hall–Kier alpha value is -3.32. The number of amides is 2. The Kier molecular flexibility index (Phi) is 5.69. The van der Waals surface area contributed by atoms with Crippen LogP contribution < -0.4 is 16.5 Å². The van der Waals surface area contributed by atoms with Crippen LogP contribution in [0.25, 0.3) is 0 Å². The number of hydrogen-bond donors (Lipinski definition) is 3. The molecule has 0 radical (unpaired) electrons. The van der Waals surface area contributed by atoms with Gasteiger partial charge in [0.15, 0.2) is 10.8 Å². The lowest BCUT2D eigenvalue weighted by atomic mass is 10.1. The number of thioether (sulfide) groups is 1. The largest absolute Gasteiger partial charge is 0.460 e. The van der Waals surface area contributed by atoms with E-state index in [1.807, 2.05) is 0 Å². The number of nitrogens with one attached hydrogen (secondary N) is 1. The minimum atomic E-state index is -0.784. The lowest BCUT2D eigenvalue weighted by Crippen LogP contribution is -2.69. The third-order valence-electron chi connectivity index (χ3n) is 4.82. The molecule has 2 aliphatic heterocycles. The molecule has 0 aliphatic carbocycles. The van der Waals surface area contributed by atoms with Crippen molar-refractivity contribution in [2.24, 2.45) is 5.18 Å². The molecule has 1 aromatic carbocycles. The second kappa shape index (κ2) is 8.43. The van der Waals surface area contributed by atoms with Crippen molar-refractivity contribution in [2.45, 2.75) is 23.3 Å². The lowest BCUT2D eigenvalue weighted by molar-refractivity contribution is -0.150. The predicted molar refractivity (Wildman–Crippen MR) is 113 cm³/mol. The van der Waals surface area contributed by atoms with Crippen LogP contribution in [0, 0.1) is 4.91 Å². The van der Waals surface area contributed by atoms with Gasteiger partial charge in [0.05, 0.1) is 0 Å². The number of esters is 1. The average Bonchev–Trinajstić information content (AvgIpc) is 3.40. The topological polar surface area (TPSA) is 170 Å². The van der Waals surface area contributed by atoms with E-state index in [-0.39, 0.29) is 46.7 Å². The van der Waals surface area contributed by atoms with Crippen LogP contribution in [0.15, 0.2) is 34.8 Å². The maximum atomic E-state index is 12.4. The van der Waals surface area contributed by atoms with Crippen molar-refractivity contribution in [3.05, 3.63) is 45.8 Å². The zero-order valence-electron chi connectivity index (χ0n) is 15.9. The molecule has 3 atom stereocenters. The number of β-lactam (4-membered cyclic amide) rings is 1. The fraction of sp³-hybridized carbons (Fsp3) is 0.278. The molecule has 160 valence electrons. The van der Waals surface area contributed by atoms with Crippen molar-refractivity contribution in [1.82, 2.24) is 15.2 Å². The number of nitrogen functional groups attached to an aromatic ring is 1. The van der Waals surface area contributed by atoms with Crippen LogP contribution in [0.3, 0.4) is 0 Å². The first-order valence-corrected chi connectivity index (χ1v) is 10.9. The molecule has 31 heavy (non-hydrogen) atoms. The molecule has 2 saturated heterocycles. The molecule has 5 N–H and O–H groups in total. The Morgan fingerprint density at radius 1 is 1.35 bits per heavy atom. The number of anilines is 1. The molecule has 2 aromatic rings. The van der Waals surface area contributed by atoms with Gasteiger partial charge in [-0.25, -0.2) is 10.4 Å². The van der Waals surface area contributed by atoms with E-state index in [0.29, 0.717) is 5.56 Å². The van der Waals surface area contributed by atoms with Gasteiger partial charge in [-0.1, -0.05) is 12.1 Å². The molecule has 4 rings (SSSR count). The summed E-state index contributed by atoms with van der Waals surface area (Å²) < 4.78 is 5.32. The van der Waals surface area contributed by atoms with Crippen LogP contribution in [0.4, 0.5) is 10.8 Å². The van der Waals surface area contributed by atoms with Gasteiger partial charge in [0.1, 0.15) is 29.0 Å². The number of rotatable bonds is 7. The van der Waals surface area contributed by atoms with Crippen molar-refractivity contribution in [2.75, 3.05) is 12.3 Å². The number of nitroso groups, excluding NO2 is 1. The van der Waals surface area contributed by atoms with E-state index in [4.69, 9.17) is 15.9 Å². The summed E-state index contributed by atoms with van der Waals surface area (Å²) in [5.74, 6) is -1.37. The fourth-order valence-corrected chi connectivity index (χ4v) is 5.17. The number of nitrogens with zero attached hydrogens (tertiary/aromatic N) is 3. The average molecular weight is 462 g/mol. The Labute approximate surface area is 183 Å². The molecule has 11 nitrogen and oxygen atoms in total. The molecule has 13 heteroatoms. The van der Waals surface area contributed by atoms with E-state index in [1.165, 1.54) is 28.8 Å². The van der Waals surface area contributed by atoms with Gasteiger partial charge in [0, 0.05) is 11.9 Å². The second-order valence-corrected chi connectivity index (χ2v) is 9.02. The lowest BCUT2D eigenvalue weighted by Gasteiger charge is -2.41. The number of carbonyl (C=O) groups excluding carboxylic acids is 3. The van der Waals surface area contributed by atoms with Crippen LogP contribution in [-0.2, 0) is 25.7 Å². The van der Waals surface area contributed by atoms with Crippen molar-refractivity contribution in [3.63, 3.8) is 0 Å². The van der Waals surface area contributed by atoms with Gasteiger partial charge in [0.25, 0.3) is 5.71 Å². The molecule has 2 amide bonds. The highest BCUT2D eigenvalue weighted by Crippen LogP contribution is 2.40. The summed E-state index contributed by atoms with van der Waals surface area (Å²) in [6.45, 7) is 0.241. The molecular weight excluding hydrogens is 444 g/mol. The van der Waals surface area contributed by atoms with E-state index in [0.717, 1.165) is 11.3 Å². The predicted octanol–water partition coefficient (Wildman–Crippen LogP) is -0.817. The number of fused-ring (bicyclic) bond motifs is 1. The summed E-state index contributed by atoms with van der Waals surface area (Å²) in [6, 6.07) is 5.56. The van der Waals surface area contributed by atoms with Gasteiger partial charge in [0.2, 0.25) is 5.91 Å². The van der Waals surface area contributed by atoms with E-state index in [9.17, 15) is 19.3 Å². The number of carbonyl (C=O) groups is 3. The van der Waals surface area contributed by atoms with E-state index in [2.05, 4.69) is 15.5 Å². The van der Waals surface area contributed by atoms with Crippen LogP contribution in [-0.4, -0.2) is 56.6 Å². The van der Waals surface area contributed by atoms with Gasteiger partial charge in [-0.05, 0) is 22.9 Å². The second-order valence-electron chi connectivity index (χ2n) is 6.81. The number of ether oxygens (including phenoxy) is 1. The molecule has 0 bridgehead atoms. The van der Waals surface area contributed by atoms with Gasteiger partial charge >= 0.3 is 11.9 Å². The molecule has 2 aliphatic rings. The third-order valence-corrected chi connectivity index (χ3v) is 6.97. The standard InChI is InChI=1S/C18H16N6O5S2/c19-12(10-7-30-18(20)21-10)14(25)22-13-15(26)24-5-11(31-16(13)24)17(27)29-6-8-1-3-9(23-28)4-2-8/h1-4,7,11,13,16,19H,5-6H2,(H2,20,21)(H,22,25)/p+1/t11?,13?,16-/m1/s1. The summed E-state index contributed by atoms with van der Waals surface area (Å²) in [7, 11) is 0. The summed E-state index contributed by atoms with van der Waals surface area (Å²) in [5, 5.41) is 12.1. The van der Waals surface area contributed by atoms with Crippen LogP contribution >= 0.6 is 23.1 Å². The van der Waals surface area contributed by atoms with Crippen molar-refractivity contribution < 1.29 is 24.5 Å². The zero-order chi connectivity index (χ0) is 22.1. The van der Waals surface area contributed by atoms with Gasteiger partial charge in [-0.15, -0.1) is 28.0 Å². The molecule has 3 heterocycles. The first-order chi connectivity index (χ1) is 14.9. The minimum absolute atomic E-state index is 0.0378. The number of hydrogen-bond acceptors (Lipinski definition) is 10. The Morgan fingerprint density at radius 2 is 2.10 bits per heavy atom. The Morgan fingerprint density at radius 3 is 2.74 bits per heavy atom. The van der Waals surface area contributed by atoms with Gasteiger partial charge in [-0.3, -0.25) is 14.4 Å². The third kappa shape index (κ3) is 4.14. The number of thiazole rings is 1. The maximum Gasteiger partial charge on any atom is 0.321 e. The quantitative estimate of drug-likeness (QED) is 0.208. The molecule has 0 saturated carbocycles. The van der Waals surface area contributed by atoms with Crippen LogP contribution in [0.1, 0.15) is 11.3 Å². The molecular formula is C18H17N6O5S2+. The smallest absolute Gasteiger partial charge is 0.321 e. The molecule has 2 unspecified atom stereocenters. The molecule has 2 fully saturated rings. The summed E-state index contributed by atoms with van der Waals surface area (Å²) in [5.41, 5.74) is 6.66. The molecule has 0 spiro atoms. The van der Waals surface area contributed by atoms with Gasteiger partial charge < -0.3 is 20.7 Å². The Bertz CT molecular complexity index is 1070. The number of nitrogens with two attached hydrogens (primary N) is 2. The fourth-order valence-electron chi connectivity index (χ4n) is 3.17. The van der Waals surface area contributed by atoms with Crippen molar-refractivity contribution >= 4 is 57.4 Å². The minimum Gasteiger partial charge on any atom is -0.460 e. The monoisotopic (exact) mass is 461 g/mol. The SMILES string of the molecule is Nc1nc(C(=[NH2+])C(=O)NC2C(=O)N3CC(C(=O)OCc4ccc(N=O)cc4)S[C@H]23)cs1. The Balaban J connectivity index is 1.30. The molecule has 1 aromatic heterocycles. The summed E-state index contributed by atoms with van der Waals surface area (Å²) in [4.78, 5) is 53.1. The van der Waals surface area contributed by atoms with Crippen molar-refractivity contribution in [3.8, 4) is 0 Å². The first-order valence-electron chi connectivity index (χ1n) is 9.07. The first kappa shape index (κ1) is 20.9. The van der Waals surface area contributed by atoms with Crippen LogP contribution in [0.5, 0.6) is 0 Å². The number of benzene rings is 1. The summed E-state index contributed by atoms with van der Waals surface area (Å²) >= 11 is 2.40. The highest BCUT2D eigenvalue weighted by molar-refractivity contribution is 8.01. The van der Waals surface area contributed by atoms with Gasteiger partial charge in [-0.2, -0.15) is 0 Å². The zero-order valence-corrected chi connectivity index (χ0v) is 17.5. The summed E-state index contributed by atoms with van der Waals surface area (Å²) in [6.07, 6.45) is 0. The van der Waals surface area contributed by atoms with E-state index < -0.39 is 23.2 Å². The van der Waals surface area contributed by atoms with E-state index in [1.54, 1.807) is 17.5 Å². The van der Waals surface area contributed by atoms with E-state index >= 15 is 0 Å². The van der Waals surface area contributed by atoms with Crippen LogP contribution in [0.2, 0.25) is 0 Å². The van der Waals surface area contributed by atoms with Crippen molar-refractivity contribution in [1.29, 1.82) is 0 Å². The number of aromatic nitrogens is 1. The highest BCUT2D eigenvalue weighted by Gasteiger charge is 2.56.